The Kier molecular flexibility index (Phi) is 7.15. The van der Waals surface area contributed by atoms with Crippen LogP contribution in [0.2, 0.25) is 0 Å². The minimum atomic E-state index is -0.531. The molecule has 0 radical (unpaired) electrons. The Hall–Kier alpha value is -4.53. The first-order chi connectivity index (χ1) is 18.9. The van der Waals surface area contributed by atoms with Crippen LogP contribution in [0.25, 0.3) is 5.65 Å². The van der Waals surface area contributed by atoms with E-state index in [1.165, 1.54) is 0 Å². The molecule has 4 aromatic rings. The lowest BCUT2D eigenvalue weighted by atomic mass is 9.95. The average Bonchev–Trinajstić information content (AvgIpc) is 3.33. The van der Waals surface area contributed by atoms with E-state index < -0.39 is 11.9 Å². The number of hydrogen-bond acceptors (Lipinski definition) is 6. The van der Waals surface area contributed by atoms with Crippen LogP contribution in [0.4, 0.5) is 0 Å². The number of methoxy groups -OCH3 is 2. The van der Waals surface area contributed by atoms with Gasteiger partial charge in [-0.25, -0.2) is 4.98 Å². The summed E-state index contributed by atoms with van der Waals surface area (Å²) >= 11 is 0. The number of carbonyl (C=O) groups excluding carboxylic acids is 2. The van der Waals surface area contributed by atoms with Gasteiger partial charge >= 0.3 is 0 Å². The Bertz CT molecular complexity index is 1560. The molecule has 0 aliphatic carbocycles. The zero-order valence-electron chi connectivity index (χ0n) is 22.6. The summed E-state index contributed by atoms with van der Waals surface area (Å²) in [5.41, 5.74) is 11.2. The van der Waals surface area contributed by atoms with Crippen molar-refractivity contribution in [3.05, 3.63) is 88.4 Å². The summed E-state index contributed by atoms with van der Waals surface area (Å²) in [5, 5.41) is 0. The number of aryl methyl sites for hydroxylation is 2. The first kappa shape index (κ1) is 26.1. The number of hydrogen-bond donors (Lipinski definition) is 1. The van der Waals surface area contributed by atoms with Crippen LogP contribution in [0.5, 0.6) is 17.2 Å². The molecule has 2 N–H and O–H groups in total. The number of nitrogens with zero attached hydrogens (tertiary/aromatic N) is 3. The quantitative estimate of drug-likeness (QED) is 0.372. The van der Waals surface area contributed by atoms with E-state index in [2.05, 4.69) is 0 Å². The molecule has 1 aliphatic heterocycles. The van der Waals surface area contributed by atoms with Crippen LogP contribution < -0.4 is 19.9 Å². The van der Waals surface area contributed by atoms with Crippen LogP contribution >= 0.6 is 0 Å². The summed E-state index contributed by atoms with van der Waals surface area (Å²) in [7, 11) is 3.18. The lowest BCUT2D eigenvalue weighted by Crippen LogP contribution is -2.43. The molecule has 0 saturated heterocycles. The highest BCUT2D eigenvalue weighted by Gasteiger charge is 2.36. The minimum Gasteiger partial charge on any atom is -0.493 e. The van der Waals surface area contributed by atoms with Crippen LogP contribution in [0.15, 0.2) is 54.7 Å². The predicted molar refractivity (Wildman–Crippen MR) is 147 cm³/mol. The van der Waals surface area contributed by atoms with E-state index in [1.54, 1.807) is 20.3 Å². The molecule has 0 fully saturated rings. The first-order valence-electron chi connectivity index (χ1n) is 12.9. The van der Waals surface area contributed by atoms with Crippen molar-refractivity contribution < 1.29 is 23.8 Å². The molecule has 1 unspecified atom stereocenters. The highest BCUT2D eigenvalue weighted by molar-refractivity contribution is 5.95. The average molecular weight is 529 g/mol. The van der Waals surface area contributed by atoms with Crippen molar-refractivity contribution in [3.8, 4) is 17.2 Å². The lowest BCUT2D eigenvalue weighted by molar-refractivity contribution is -0.135. The Morgan fingerprint density at radius 2 is 1.85 bits per heavy atom. The van der Waals surface area contributed by atoms with Crippen LogP contribution in [0, 0.1) is 6.92 Å². The number of fused-ring (bicyclic) bond motifs is 3. The summed E-state index contributed by atoms with van der Waals surface area (Å²) < 4.78 is 19.1. The summed E-state index contributed by atoms with van der Waals surface area (Å²) in [6.07, 6.45) is 3.26. The van der Waals surface area contributed by atoms with Crippen molar-refractivity contribution in [1.82, 2.24) is 14.3 Å². The van der Waals surface area contributed by atoms with E-state index in [4.69, 9.17) is 24.9 Å². The fourth-order valence-electron chi connectivity index (χ4n) is 5.32. The molecule has 2 amide bonds. The van der Waals surface area contributed by atoms with Crippen molar-refractivity contribution in [1.29, 1.82) is 0 Å². The van der Waals surface area contributed by atoms with Gasteiger partial charge in [-0.15, -0.1) is 0 Å². The lowest BCUT2D eigenvalue weighted by Gasteiger charge is -2.36. The van der Waals surface area contributed by atoms with E-state index in [9.17, 15) is 9.59 Å². The fraction of sp³-hybridized carbons (Fsp3) is 0.300. The fourth-order valence-corrected chi connectivity index (χ4v) is 5.32. The van der Waals surface area contributed by atoms with Crippen LogP contribution in [-0.4, -0.2) is 53.5 Å². The van der Waals surface area contributed by atoms with Gasteiger partial charge in [0.25, 0.3) is 5.91 Å². The molecular weight excluding hydrogens is 496 g/mol. The van der Waals surface area contributed by atoms with E-state index in [1.807, 2.05) is 71.8 Å². The zero-order chi connectivity index (χ0) is 27.7. The third-order valence-corrected chi connectivity index (χ3v) is 7.25. The molecule has 2 aromatic heterocycles. The molecule has 3 heterocycles. The number of benzene rings is 2. The maximum absolute atomic E-state index is 13.8. The molecule has 202 valence electrons. The van der Waals surface area contributed by atoms with Crippen LogP contribution in [0.1, 0.15) is 51.4 Å². The van der Waals surface area contributed by atoms with Crippen LogP contribution in [0.3, 0.4) is 0 Å². The van der Waals surface area contributed by atoms with E-state index >= 15 is 0 Å². The molecule has 0 saturated carbocycles. The Labute approximate surface area is 227 Å². The SMILES string of the molecule is CCc1cc(C)c(C(N)=O)cc1OCC(=O)N1CCc2nc3ccccn3c2C1c1ccc(OC)c(OC)c1. The van der Waals surface area contributed by atoms with Gasteiger partial charge in [0, 0.05) is 24.7 Å². The van der Waals surface area contributed by atoms with Crippen LogP contribution in [-0.2, 0) is 17.6 Å². The molecule has 0 spiro atoms. The predicted octanol–water partition coefficient (Wildman–Crippen LogP) is 3.87. The third kappa shape index (κ3) is 4.76. The smallest absolute Gasteiger partial charge is 0.261 e. The first-order valence-corrected chi connectivity index (χ1v) is 12.9. The second-order valence-electron chi connectivity index (χ2n) is 9.51. The van der Waals surface area contributed by atoms with E-state index in [-0.39, 0.29) is 12.5 Å². The van der Waals surface area contributed by atoms with Gasteiger partial charge in [0.15, 0.2) is 18.1 Å². The van der Waals surface area contributed by atoms with Crippen molar-refractivity contribution in [2.24, 2.45) is 5.73 Å². The molecule has 2 aromatic carbocycles. The number of amides is 2. The number of primary amides is 1. The van der Waals surface area contributed by atoms with Gasteiger partial charge < -0.3 is 29.2 Å². The molecule has 1 aliphatic rings. The minimum absolute atomic E-state index is 0.186. The maximum atomic E-state index is 13.8. The second-order valence-corrected chi connectivity index (χ2v) is 9.51. The van der Waals surface area contributed by atoms with E-state index in [0.717, 1.165) is 33.7 Å². The summed E-state index contributed by atoms with van der Waals surface area (Å²) in [5.74, 6) is 0.949. The van der Waals surface area contributed by atoms with Gasteiger partial charge in [-0.1, -0.05) is 25.1 Å². The van der Waals surface area contributed by atoms with Crippen molar-refractivity contribution in [2.75, 3.05) is 27.4 Å². The molecule has 39 heavy (non-hydrogen) atoms. The Morgan fingerprint density at radius 1 is 1.05 bits per heavy atom. The van der Waals surface area contributed by atoms with Crippen molar-refractivity contribution in [2.45, 2.75) is 32.7 Å². The molecular formula is C30H32N4O5. The molecule has 9 heteroatoms. The summed E-state index contributed by atoms with van der Waals surface area (Å²) in [6, 6.07) is 14.6. The van der Waals surface area contributed by atoms with Gasteiger partial charge in [0.05, 0.1) is 31.6 Å². The van der Waals surface area contributed by atoms with Gasteiger partial charge in [-0.3, -0.25) is 9.59 Å². The summed E-state index contributed by atoms with van der Waals surface area (Å²) in [6.45, 7) is 4.11. The molecule has 5 rings (SSSR count). The van der Waals surface area contributed by atoms with E-state index in [0.29, 0.717) is 42.2 Å². The van der Waals surface area contributed by atoms with Crippen molar-refractivity contribution >= 4 is 17.5 Å². The number of aromatic nitrogens is 2. The number of imidazole rings is 1. The highest BCUT2D eigenvalue weighted by atomic mass is 16.5. The maximum Gasteiger partial charge on any atom is 0.261 e. The second kappa shape index (κ2) is 10.7. The summed E-state index contributed by atoms with van der Waals surface area (Å²) in [4.78, 5) is 32.4. The Balaban J connectivity index is 1.53. The normalized spacial score (nSPS) is 14.7. The number of pyridine rings is 1. The van der Waals surface area contributed by atoms with Gasteiger partial charge in [0.1, 0.15) is 11.4 Å². The molecule has 0 bridgehead atoms. The number of nitrogens with two attached hydrogens (primary N) is 1. The third-order valence-electron chi connectivity index (χ3n) is 7.25. The number of ether oxygens (including phenoxy) is 3. The van der Waals surface area contributed by atoms with Gasteiger partial charge in [-0.05, 0) is 60.4 Å². The van der Waals surface area contributed by atoms with Gasteiger partial charge in [0.2, 0.25) is 5.91 Å². The van der Waals surface area contributed by atoms with Gasteiger partial charge in [-0.2, -0.15) is 0 Å². The molecule has 1 atom stereocenters. The monoisotopic (exact) mass is 528 g/mol. The van der Waals surface area contributed by atoms with Crippen molar-refractivity contribution in [3.63, 3.8) is 0 Å². The Morgan fingerprint density at radius 3 is 2.56 bits per heavy atom. The standard InChI is InChI=1S/C30H32N4O5/c1-5-19-14-18(2)21(30(31)36)16-24(19)39-17-27(35)34-13-11-22-29(33-12-7-6-8-26(33)32-22)28(34)20-9-10-23(37-3)25(15-20)38-4/h6-10,12,14-16,28H,5,11,13,17H2,1-4H3,(H2,31,36). The largest absolute Gasteiger partial charge is 0.493 e. The zero-order valence-corrected chi connectivity index (χ0v) is 22.6. The highest BCUT2D eigenvalue weighted by Crippen LogP contribution is 2.39. The number of rotatable bonds is 8. The topological polar surface area (TPSA) is 108 Å². The number of carbonyl (C=O) groups is 2. The molecule has 9 nitrogen and oxygen atoms in total.